The van der Waals surface area contributed by atoms with Crippen LogP contribution >= 0.6 is 0 Å². The van der Waals surface area contributed by atoms with Gasteiger partial charge < -0.3 is 9.80 Å². The summed E-state index contributed by atoms with van der Waals surface area (Å²) in [6.07, 6.45) is 12.0. The molecular weight excluding hydrogens is 260 g/mol. The zero-order chi connectivity index (χ0) is 15.3. The van der Waals surface area contributed by atoms with Crippen LogP contribution in [0, 0.1) is 0 Å². The van der Waals surface area contributed by atoms with Crippen LogP contribution in [0.3, 0.4) is 0 Å². The van der Waals surface area contributed by atoms with Crippen LogP contribution in [0.5, 0.6) is 0 Å². The van der Waals surface area contributed by atoms with Gasteiger partial charge in [0, 0.05) is 19.5 Å². The standard InChI is InChI=1S/C18H36N2O/c1-3-5-13-19(14-6-4-2)15-9-7-10-16-20-17-11-8-12-18(20)21/h3-17H2,1-2H3. The molecule has 1 heterocycles. The molecule has 3 heteroatoms. The van der Waals surface area contributed by atoms with Crippen LogP contribution in [-0.4, -0.2) is 48.4 Å². The van der Waals surface area contributed by atoms with Gasteiger partial charge in [0.15, 0.2) is 0 Å². The van der Waals surface area contributed by atoms with E-state index in [0.29, 0.717) is 5.91 Å². The Bertz CT molecular complexity index is 260. The van der Waals surface area contributed by atoms with Crippen LogP contribution in [0.1, 0.15) is 78.1 Å². The van der Waals surface area contributed by atoms with E-state index < -0.39 is 0 Å². The number of hydrogen-bond donors (Lipinski definition) is 0. The lowest BCUT2D eigenvalue weighted by atomic mass is 10.1. The molecule has 0 atom stereocenters. The van der Waals surface area contributed by atoms with E-state index in [1.54, 1.807) is 0 Å². The molecule has 0 saturated carbocycles. The summed E-state index contributed by atoms with van der Waals surface area (Å²) in [6.45, 7) is 10.3. The molecule has 124 valence electrons. The molecule has 0 unspecified atom stereocenters. The van der Waals surface area contributed by atoms with Gasteiger partial charge in [0.05, 0.1) is 0 Å². The Morgan fingerprint density at radius 3 is 2.19 bits per heavy atom. The van der Waals surface area contributed by atoms with Crippen LogP contribution in [0.2, 0.25) is 0 Å². The molecule has 0 spiro atoms. The highest BCUT2D eigenvalue weighted by atomic mass is 16.2. The molecule has 1 fully saturated rings. The zero-order valence-electron chi connectivity index (χ0n) is 14.4. The number of amides is 1. The molecule has 0 aliphatic carbocycles. The lowest BCUT2D eigenvalue weighted by Gasteiger charge is -2.27. The van der Waals surface area contributed by atoms with Crippen molar-refractivity contribution in [1.82, 2.24) is 9.80 Å². The number of likely N-dealkylation sites (tertiary alicyclic amines) is 1. The van der Waals surface area contributed by atoms with E-state index >= 15 is 0 Å². The summed E-state index contributed by atoms with van der Waals surface area (Å²) in [5.74, 6) is 0.383. The zero-order valence-corrected chi connectivity index (χ0v) is 14.4. The fourth-order valence-electron chi connectivity index (χ4n) is 3.01. The van der Waals surface area contributed by atoms with Gasteiger partial charge in [0.25, 0.3) is 0 Å². The second-order valence-electron chi connectivity index (χ2n) is 6.45. The molecule has 0 aromatic heterocycles. The van der Waals surface area contributed by atoms with Crippen molar-refractivity contribution in [2.24, 2.45) is 0 Å². The van der Waals surface area contributed by atoms with Crippen LogP contribution in [0.4, 0.5) is 0 Å². The lowest BCUT2D eigenvalue weighted by Crippen LogP contribution is -2.36. The number of hydrogen-bond acceptors (Lipinski definition) is 2. The molecule has 1 rings (SSSR count). The first kappa shape index (κ1) is 18.5. The minimum absolute atomic E-state index is 0.383. The molecule has 21 heavy (non-hydrogen) atoms. The molecule has 0 bridgehead atoms. The Morgan fingerprint density at radius 2 is 1.57 bits per heavy atom. The Hall–Kier alpha value is -0.570. The maximum absolute atomic E-state index is 11.7. The number of carbonyl (C=O) groups is 1. The normalized spacial score (nSPS) is 16.0. The van der Waals surface area contributed by atoms with Crippen molar-refractivity contribution in [2.45, 2.75) is 78.1 Å². The second kappa shape index (κ2) is 12.0. The average Bonchev–Trinajstić information content (AvgIpc) is 2.50. The van der Waals surface area contributed by atoms with Crippen LogP contribution in [0.15, 0.2) is 0 Å². The van der Waals surface area contributed by atoms with Crippen LogP contribution < -0.4 is 0 Å². The number of unbranched alkanes of at least 4 members (excludes halogenated alkanes) is 4. The quantitative estimate of drug-likeness (QED) is 0.507. The van der Waals surface area contributed by atoms with Crippen molar-refractivity contribution in [3.63, 3.8) is 0 Å². The predicted molar refractivity (Wildman–Crippen MR) is 90.5 cm³/mol. The summed E-state index contributed by atoms with van der Waals surface area (Å²) >= 11 is 0. The third-order valence-corrected chi connectivity index (χ3v) is 4.48. The van der Waals surface area contributed by atoms with Crippen LogP contribution in [-0.2, 0) is 4.79 Å². The highest BCUT2D eigenvalue weighted by Gasteiger charge is 2.16. The number of piperidine rings is 1. The highest BCUT2D eigenvalue weighted by molar-refractivity contribution is 5.76. The molecule has 0 radical (unpaired) electrons. The molecule has 1 amide bonds. The molecule has 0 aromatic carbocycles. The number of rotatable bonds is 12. The summed E-state index contributed by atoms with van der Waals surface area (Å²) in [5.41, 5.74) is 0. The van der Waals surface area contributed by atoms with E-state index in [-0.39, 0.29) is 0 Å². The lowest BCUT2D eigenvalue weighted by molar-refractivity contribution is -0.133. The minimum atomic E-state index is 0.383. The summed E-state index contributed by atoms with van der Waals surface area (Å²) < 4.78 is 0. The van der Waals surface area contributed by atoms with E-state index in [0.717, 1.165) is 25.9 Å². The van der Waals surface area contributed by atoms with Gasteiger partial charge in [-0.1, -0.05) is 33.1 Å². The van der Waals surface area contributed by atoms with Crippen molar-refractivity contribution in [3.05, 3.63) is 0 Å². The first-order valence-electron chi connectivity index (χ1n) is 9.28. The Morgan fingerprint density at radius 1 is 0.905 bits per heavy atom. The number of carbonyl (C=O) groups excluding carboxylic acids is 1. The van der Waals surface area contributed by atoms with E-state index in [1.165, 1.54) is 71.0 Å². The molecule has 1 aliphatic heterocycles. The highest BCUT2D eigenvalue weighted by Crippen LogP contribution is 2.12. The fourth-order valence-corrected chi connectivity index (χ4v) is 3.01. The summed E-state index contributed by atoms with van der Waals surface area (Å²) in [7, 11) is 0. The fraction of sp³-hybridized carbons (Fsp3) is 0.944. The van der Waals surface area contributed by atoms with Crippen molar-refractivity contribution in [3.8, 4) is 0 Å². The van der Waals surface area contributed by atoms with E-state index in [9.17, 15) is 4.79 Å². The van der Waals surface area contributed by atoms with Gasteiger partial charge in [-0.2, -0.15) is 0 Å². The topological polar surface area (TPSA) is 23.6 Å². The van der Waals surface area contributed by atoms with Crippen LogP contribution in [0.25, 0.3) is 0 Å². The Balaban J connectivity index is 2.07. The smallest absolute Gasteiger partial charge is 0.222 e. The SMILES string of the molecule is CCCCN(CCCC)CCCCCN1CCCCC1=O. The van der Waals surface area contributed by atoms with Gasteiger partial charge in [0.1, 0.15) is 0 Å². The maximum atomic E-state index is 11.7. The Labute approximate surface area is 132 Å². The monoisotopic (exact) mass is 296 g/mol. The largest absolute Gasteiger partial charge is 0.343 e. The third kappa shape index (κ3) is 8.45. The van der Waals surface area contributed by atoms with Gasteiger partial charge in [-0.3, -0.25) is 4.79 Å². The molecular formula is C18H36N2O. The van der Waals surface area contributed by atoms with Crippen molar-refractivity contribution >= 4 is 5.91 Å². The maximum Gasteiger partial charge on any atom is 0.222 e. The molecule has 0 aromatic rings. The molecule has 0 N–H and O–H groups in total. The van der Waals surface area contributed by atoms with E-state index in [2.05, 4.69) is 23.6 Å². The van der Waals surface area contributed by atoms with Crippen molar-refractivity contribution in [2.75, 3.05) is 32.7 Å². The van der Waals surface area contributed by atoms with Gasteiger partial charge in [-0.05, 0) is 58.2 Å². The molecule has 1 aliphatic rings. The third-order valence-electron chi connectivity index (χ3n) is 4.48. The predicted octanol–water partition coefficient (Wildman–Crippen LogP) is 4.07. The molecule has 1 saturated heterocycles. The first-order valence-corrected chi connectivity index (χ1v) is 9.28. The summed E-state index contributed by atoms with van der Waals surface area (Å²) in [4.78, 5) is 16.4. The minimum Gasteiger partial charge on any atom is -0.343 e. The Kier molecular flexibility index (Phi) is 10.6. The van der Waals surface area contributed by atoms with E-state index in [4.69, 9.17) is 0 Å². The summed E-state index contributed by atoms with van der Waals surface area (Å²) in [6, 6.07) is 0. The summed E-state index contributed by atoms with van der Waals surface area (Å²) in [5, 5.41) is 0. The second-order valence-corrected chi connectivity index (χ2v) is 6.45. The average molecular weight is 296 g/mol. The van der Waals surface area contributed by atoms with Crippen molar-refractivity contribution < 1.29 is 4.79 Å². The van der Waals surface area contributed by atoms with E-state index in [1.807, 2.05) is 0 Å². The first-order chi connectivity index (χ1) is 10.3. The molecule has 3 nitrogen and oxygen atoms in total. The van der Waals surface area contributed by atoms with Gasteiger partial charge in [0.2, 0.25) is 5.91 Å². The van der Waals surface area contributed by atoms with Gasteiger partial charge in [-0.15, -0.1) is 0 Å². The van der Waals surface area contributed by atoms with Gasteiger partial charge in [-0.25, -0.2) is 0 Å². The number of nitrogens with zero attached hydrogens (tertiary/aromatic N) is 2. The van der Waals surface area contributed by atoms with Crippen molar-refractivity contribution in [1.29, 1.82) is 0 Å². The van der Waals surface area contributed by atoms with Gasteiger partial charge >= 0.3 is 0 Å².